The molecule has 4 aromatic rings. The van der Waals surface area contributed by atoms with Crippen LogP contribution in [0.25, 0.3) is 22.3 Å². The summed E-state index contributed by atoms with van der Waals surface area (Å²) in [5.41, 5.74) is 2.22. The molecule has 6 heteroatoms. The summed E-state index contributed by atoms with van der Waals surface area (Å²) in [5.74, 6) is 8.06. The minimum Gasteiger partial charge on any atom is -0.367 e. The highest BCUT2D eigenvalue weighted by Crippen LogP contribution is 2.46. The first-order valence-corrected chi connectivity index (χ1v) is 12.2. The molecule has 2 bridgehead atoms. The van der Waals surface area contributed by atoms with E-state index < -0.39 is 11.6 Å². The fourth-order valence-corrected chi connectivity index (χ4v) is 5.88. The zero-order chi connectivity index (χ0) is 23.9. The topological polar surface area (TPSA) is 53.6 Å². The van der Waals surface area contributed by atoms with Crippen LogP contribution in [0.2, 0.25) is 0 Å². The van der Waals surface area contributed by atoms with E-state index >= 15 is 0 Å². The van der Waals surface area contributed by atoms with Gasteiger partial charge in [0.15, 0.2) is 5.82 Å². The first kappa shape index (κ1) is 21.8. The van der Waals surface area contributed by atoms with Gasteiger partial charge in [-0.25, -0.2) is 18.7 Å². The molecule has 2 heterocycles. The highest BCUT2D eigenvalue weighted by Gasteiger charge is 2.41. The van der Waals surface area contributed by atoms with Crippen molar-refractivity contribution in [1.29, 1.82) is 0 Å². The number of halogens is 2. The summed E-state index contributed by atoms with van der Waals surface area (Å²) in [6, 6.07) is 14.1. The highest BCUT2D eigenvalue weighted by molar-refractivity contribution is 5.94. The second-order valence-corrected chi connectivity index (χ2v) is 9.79. The van der Waals surface area contributed by atoms with Crippen LogP contribution >= 0.6 is 0 Å². The summed E-state index contributed by atoms with van der Waals surface area (Å²) in [7, 11) is 0. The van der Waals surface area contributed by atoms with Gasteiger partial charge in [-0.05, 0) is 67.6 Å². The van der Waals surface area contributed by atoms with Crippen LogP contribution in [0.5, 0.6) is 0 Å². The molecule has 3 aliphatic carbocycles. The Hall–Kier alpha value is -3.72. The third-order valence-corrected chi connectivity index (χ3v) is 7.73. The van der Waals surface area contributed by atoms with E-state index in [0.717, 1.165) is 17.5 Å². The number of nitrogens with one attached hydrogen (secondary N) is 2. The van der Waals surface area contributed by atoms with Crippen molar-refractivity contribution in [3.05, 3.63) is 77.6 Å². The van der Waals surface area contributed by atoms with Crippen molar-refractivity contribution in [2.45, 2.75) is 38.6 Å². The molecule has 2 aromatic carbocycles. The number of aromatic amines is 1. The van der Waals surface area contributed by atoms with Gasteiger partial charge in [0, 0.05) is 40.9 Å². The summed E-state index contributed by atoms with van der Waals surface area (Å²) in [6.07, 6.45) is 6.73. The SMILES string of the molecule is C[C@@H]1C2CCC(CC2)[C@H]1Nc1cc(C#Cc2ccccc2)nc(-c2c[nH]c3c(F)cc(F)cc23)n1. The largest absolute Gasteiger partial charge is 0.367 e. The van der Waals surface area contributed by atoms with Crippen LogP contribution in [-0.4, -0.2) is 21.0 Å². The maximum Gasteiger partial charge on any atom is 0.165 e. The zero-order valence-electron chi connectivity index (χ0n) is 19.5. The lowest BCUT2D eigenvalue weighted by atomic mass is 9.62. The van der Waals surface area contributed by atoms with E-state index in [-0.39, 0.29) is 5.52 Å². The molecule has 0 radical (unpaired) electrons. The van der Waals surface area contributed by atoms with Crippen molar-refractivity contribution in [2.75, 3.05) is 5.32 Å². The highest BCUT2D eigenvalue weighted by atomic mass is 19.1. The summed E-state index contributed by atoms with van der Waals surface area (Å²) >= 11 is 0. The molecule has 0 unspecified atom stereocenters. The molecule has 176 valence electrons. The van der Waals surface area contributed by atoms with Gasteiger partial charge in [-0.3, -0.25) is 0 Å². The molecular weight excluding hydrogens is 442 g/mol. The molecule has 0 aliphatic heterocycles. The molecule has 3 aliphatic rings. The Labute approximate surface area is 203 Å². The third kappa shape index (κ3) is 4.16. The number of benzene rings is 2. The van der Waals surface area contributed by atoms with Gasteiger partial charge in [0.1, 0.15) is 23.1 Å². The van der Waals surface area contributed by atoms with Gasteiger partial charge in [-0.1, -0.05) is 31.0 Å². The molecule has 7 rings (SSSR count). The zero-order valence-corrected chi connectivity index (χ0v) is 19.5. The van der Waals surface area contributed by atoms with Crippen LogP contribution in [0, 0.1) is 41.2 Å². The van der Waals surface area contributed by atoms with E-state index in [1.165, 1.54) is 31.7 Å². The normalized spacial score (nSPS) is 23.2. The van der Waals surface area contributed by atoms with E-state index in [2.05, 4.69) is 34.0 Å². The van der Waals surface area contributed by atoms with Gasteiger partial charge in [0.2, 0.25) is 0 Å². The second-order valence-electron chi connectivity index (χ2n) is 9.79. The molecule has 2 aromatic heterocycles. The average molecular weight is 469 g/mol. The minimum atomic E-state index is -0.642. The Balaban J connectivity index is 1.43. The van der Waals surface area contributed by atoms with E-state index in [1.54, 1.807) is 6.20 Å². The van der Waals surface area contributed by atoms with Crippen molar-refractivity contribution in [1.82, 2.24) is 15.0 Å². The first-order chi connectivity index (χ1) is 17.0. The average Bonchev–Trinajstić information content (AvgIpc) is 3.30. The smallest absolute Gasteiger partial charge is 0.165 e. The van der Waals surface area contributed by atoms with Gasteiger partial charge in [0.25, 0.3) is 0 Å². The maximum atomic E-state index is 14.3. The number of hydrogen-bond donors (Lipinski definition) is 2. The Morgan fingerprint density at radius 3 is 2.49 bits per heavy atom. The molecular formula is C29H26F2N4. The monoisotopic (exact) mass is 468 g/mol. The number of hydrogen-bond acceptors (Lipinski definition) is 3. The predicted octanol–water partition coefficient (Wildman–Crippen LogP) is 6.54. The van der Waals surface area contributed by atoms with Crippen LogP contribution in [0.1, 0.15) is 43.9 Å². The molecule has 0 spiro atoms. The fourth-order valence-electron chi connectivity index (χ4n) is 5.88. The van der Waals surface area contributed by atoms with Crippen LogP contribution in [-0.2, 0) is 0 Å². The molecule has 2 atom stereocenters. The molecule has 0 amide bonds. The Bertz CT molecular complexity index is 1440. The summed E-state index contributed by atoms with van der Waals surface area (Å²) < 4.78 is 28.4. The number of aromatic nitrogens is 3. The minimum absolute atomic E-state index is 0.235. The van der Waals surface area contributed by atoms with Crippen molar-refractivity contribution in [3.8, 4) is 23.2 Å². The van der Waals surface area contributed by atoms with Gasteiger partial charge in [0.05, 0.1) is 5.52 Å². The van der Waals surface area contributed by atoms with E-state index in [0.29, 0.717) is 46.2 Å². The van der Waals surface area contributed by atoms with Gasteiger partial charge in [-0.2, -0.15) is 0 Å². The van der Waals surface area contributed by atoms with E-state index in [4.69, 9.17) is 4.98 Å². The molecule has 35 heavy (non-hydrogen) atoms. The van der Waals surface area contributed by atoms with Crippen LogP contribution in [0.4, 0.5) is 14.6 Å². The molecule has 4 nitrogen and oxygen atoms in total. The standard InChI is InChI=1S/C29H26F2N4/c1-17-19-8-10-20(11-9-19)27(17)34-26-15-22(12-7-18-5-3-2-4-6-18)33-29(35-26)24-16-32-28-23(24)13-21(30)14-25(28)31/h2-6,13-17,19-20,27,32H,8-11H2,1H3,(H,33,34,35)/t17-,19?,20?,27+/m1/s1. The molecule has 3 fully saturated rings. The third-order valence-electron chi connectivity index (χ3n) is 7.73. The number of H-pyrrole nitrogens is 1. The lowest BCUT2D eigenvalue weighted by Gasteiger charge is -2.47. The van der Waals surface area contributed by atoms with Gasteiger partial charge in [-0.15, -0.1) is 0 Å². The quantitative estimate of drug-likeness (QED) is 0.336. The van der Waals surface area contributed by atoms with E-state index in [1.807, 2.05) is 36.4 Å². The van der Waals surface area contributed by atoms with Gasteiger partial charge >= 0.3 is 0 Å². The van der Waals surface area contributed by atoms with Gasteiger partial charge < -0.3 is 10.3 Å². The van der Waals surface area contributed by atoms with Crippen LogP contribution in [0.3, 0.4) is 0 Å². The second kappa shape index (κ2) is 8.81. The Morgan fingerprint density at radius 2 is 1.71 bits per heavy atom. The number of anilines is 1. The molecule has 3 saturated carbocycles. The predicted molar refractivity (Wildman–Crippen MR) is 134 cm³/mol. The van der Waals surface area contributed by atoms with E-state index in [9.17, 15) is 8.78 Å². The van der Waals surface area contributed by atoms with Crippen molar-refractivity contribution in [2.24, 2.45) is 17.8 Å². The lowest BCUT2D eigenvalue weighted by Crippen LogP contribution is -2.47. The molecule has 0 saturated heterocycles. The Kier molecular flexibility index (Phi) is 5.49. The van der Waals surface area contributed by atoms with Crippen molar-refractivity contribution >= 4 is 16.7 Å². The summed E-state index contributed by atoms with van der Waals surface area (Å²) in [4.78, 5) is 12.4. The summed E-state index contributed by atoms with van der Waals surface area (Å²) in [6.45, 7) is 2.33. The number of rotatable bonds is 3. The number of fused-ring (bicyclic) bond motifs is 4. The molecule has 2 N–H and O–H groups in total. The van der Waals surface area contributed by atoms with Crippen LogP contribution < -0.4 is 5.32 Å². The van der Waals surface area contributed by atoms with Crippen molar-refractivity contribution in [3.63, 3.8) is 0 Å². The Morgan fingerprint density at radius 1 is 0.943 bits per heavy atom. The first-order valence-electron chi connectivity index (χ1n) is 12.2. The van der Waals surface area contributed by atoms with Crippen LogP contribution in [0.15, 0.2) is 54.7 Å². The fraction of sp³-hybridized carbons (Fsp3) is 0.310. The number of nitrogens with zero attached hydrogens (tertiary/aromatic N) is 2. The lowest BCUT2D eigenvalue weighted by molar-refractivity contribution is 0.0928. The summed E-state index contributed by atoms with van der Waals surface area (Å²) in [5, 5.41) is 4.11. The maximum absolute atomic E-state index is 14.3. The van der Waals surface area contributed by atoms with Crippen molar-refractivity contribution < 1.29 is 8.78 Å².